The second-order valence-electron chi connectivity index (χ2n) is 7.11. The fourth-order valence-electron chi connectivity index (χ4n) is 2.42. The van der Waals surface area contributed by atoms with Gasteiger partial charge in [-0.15, -0.1) is 0 Å². The number of carboxylic acid groups (broad SMARTS) is 1. The number of rotatable bonds is 10. The maximum atomic E-state index is 11.5. The molecule has 0 spiro atoms. The van der Waals surface area contributed by atoms with Gasteiger partial charge in [-0.25, -0.2) is 0 Å². The average Bonchev–Trinajstić information content (AvgIpc) is 2.30. The van der Waals surface area contributed by atoms with Gasteiger partial charge in [-0.3, -0.25) is 4.79 Å². The van der Waals surface area contributed by atoms with Crippen LogP contribution in [0, 0.1) is 10.8 Å². The van der Waals surface area contributed by atoms with E-state index < -0.39 is 11.4 Å². The molecular formula is C17H36CaO2. The van der Waals surface area contributed by atoms with E-state index >= 15 is 0 Å². The number of carbonyl (C=O) groups is 1. The average molecular weight is 313 g/mol. The zero-order valence-electron chi connectivity index (χ0n) is 13.7. The molecule has 0 fully saturated rings. The van der Waals surface area contributed by atoms with Crippen molar-refractivity contribution < 1.29 is 9.90 Å². The number of unbranched alkanes of at least 4 members (excludes halogenated alkanes) is 7. The molecule has 0 aliphatic carbocycles. The number of hydrogen-bond donors (Lipinski definition) is 1. The van der Waals surface area contributed by atoms with Crippen LogP contribution in [0.5, 0.6) is 0 Å². The second-order valence-corrected chi connectivity index (χ2v) is 7.11. The third kappa shape index (κ3) is 8.24. The standard InChI is InChI=1S/C17H34O2.Ca.2H/c1-6-7-8-9-10-11-12-13-14-17(5,15(18)19)16(2,3)4;;;/h6-14H2,1-5H3,(H,18,19);;;. The summed E-state index contributed by atoms with van der Waals surface area (Å²) < 4.78 is 0. The van der Waals surface area contributed by atoms with Gasteiger partial charge in [0.1, 0.15) is 0 Å². The molecule has 2 nitrogen and oxygen atoms in total. The number of hydrogen-bond acceptors (Lipinski definition) is 1. The summed E-state index contributed by atoms with van der Waals surface area (Å²) in [6, 6.07) is 0. The van der Waals surface area contributed by atoms with Crippen LogP contribution in [0.4, 0.5) is 0 Å². The molecule has 0 amide bonds. The van der Waals surface area contributed by atoms with Crippen molar-refractivity contribution in [2.24, 2.45) is 10.8 Å². The molecule has 0 aromatic heterocycles. The first-order valence-corrected chi connectivity index (χ1v) is 7.99. The van der Waals surface area contributed by atoms with E-state index in [9.17, 15) is 9.90 Å². The van der Waals surface area contributed by atoms with Gasteiger partial charge in [-0.1, -0.05) is 79.1 Å². The van der Waals surface area contributed by atoms with Crippen molar-refractivity contribution in [2.75, 3.05) is 0 Å². The summed E-state index contributed by atoms with van der Waals surface area (Å²) >= 11 is 0. The zero-order valence-corrected chi connectivity index (χ0v) is 13.7. The van der Waals surface area contributed by atoms with E-state index in [-0.39, 0.29) is 43.2 Å². The molecule has 0 aromatic carbocycles. The van der Waals surface area contributed by atoms with Gasteiger partial charge in [0.05, 0.1) is 5.41 Å². The van der Waals surface area contributed by atoms with Crippen molar-refractivity contribution in [1.82, 2.24) is 0 Å². The molecule has 0 aromatic rings. The Morgan fingerprint density at radius 1 is 0.850 bits per heavy atom. The second kappa shape index (κ2) is 11.3. The SMILES string of the molecule is CCCCCCCCCCC(C)(C(=O)O)C(C)(C)C.[CaH2]. The Bertz CT molecular complexity index is 258. The van der Waals surface area contributed by atoms with Gasteiger partial charge in [0.2, 0.25) is 0 Å². The summed E-state index contributed by atoms with van der Waals surface area (Å²) in [5.74, 6) is -0.650. The summed E-state index contributed by atoms with van der Waals surface area (Å²) in [6.07, 6.45) is 10.9. The molecular weight excluding hydrogens is 276 g/mol. The van der Waals surface area contributed by atoms with Crippen LogP contribution >= 0.6 is 0 Å². The Morgan fingerprint density at radius 3 is 1.60 bits per heavy atom. The molecule has 3 heteroatoms. The van der Waals surface area contributed by atoms with Crippen LogP contribution in [0.3, 0.4) is 0 Å². The fraction of sp³-hybridized carbons (Fsp3) is 0.941. The molecule has 0 rings (SSSR count). The summed E-state index contributed by atoms with van der Waals surface area (Å²) in [4.78, 5) is 11.5. The number of aliphatic carboxylic acids is 1. The maximum absolute atomic E-state index is 11.5. The molecule has 0 radical (unpaired) electrons. The van der Waals surface area contributed by atoms with Crippen molar-refractivity contribution in [3.8, 4) is 0 Å². The molecule has 0 aliphatic heterocycles. The molecule has 0 bridgehead atoms. The monoisotopic (exact) mass is 312 g/mol. The summed E-state index contributed by atoms with van der Waals surface area (Å²) in [5, 5.41) is 9.47. The third-order valence-electron chi connectivity index (χ3n) is 4.66. The van der Waals surface area contributed by atoms with E-state index in [0.29, 0.717) is 0 Å². The Kier molecular flexibility index (Phi) is 13.0. The molecule has 1 atom stereocenters. The minimum absolute atomic E-state index is 0. The minimum atomic E-state index is -0.650. The number of carboxylic acids is 1. The first kappa shape index (κ1) is 23.0. The van der Waals surface area contributed by atoms with Crippen LogP contribution in [0.15, 0.2) is 0 Å². The predicted molar refractivity (Wildman–Crippen MR) is 91.0 cm³/mol. The van der Waals surface area contributed by atoms with Crippen LogP contribution in [0.25, 0.3) is 0 Å². The van der Waals surface area contributed by atoms with E-state index in [1.165, 1.54) is 44.9 Å². The van der Waals surface area contributed by atoms with Gasteiger partial charge < -0.3 is 5.11 Å². The summed E-state index contributed by atoms with van der Waals surface area (Å²) in [7, 11) is 0. The molecule has 0 saturated carbocycles. The van der Waals surface area contributed by atoms with Crippen LogP contribution < -0.4 is 0 Å². The van der Waals surface area contributed by atoms with E-state index in [1.807, 2.05) is 27.7 Å². The predicted octanol–water partition coefficient (Wildman–Crippen LogP) is 4.74. The molecule has 0 heterocycles. The Hall–Kier alpha value is 0.730. The van der Waals surface area contributed by atoms with E-state index in [2.05, 4.69) is 6.92 Å². The fourth-order valence-corrected chi connectivity index (χ4v) is 2.42. The molecule has 0 saturated heterocycles. The van der Waals surface area contributed by atoms with Gasteiger partial charge in [-0.2, -0.15) is 0 Å². The third-order valence-corrected chi connectivity index (χ3v) is 4.66. The van der Waals surface area contributed by atoms with Crippen molar-refractivity contribution in [3.05, 3.63) is 0 Å². The topological polar surface area (TPSA) is 37.3 Å². The van der Waals surface area contributed by atoms with Crippen LogP contribution in [-0.4, -0.2) is 48.8 Å². The molecule has 0 aliphatic rings. The quantitative estimate of drug-likeness (QED) is 0.467. The first-order valence-electron chi connectivity index (χ1n) is 7.99. The van der Waals surface area contributed by atoms with Crippen molar-refractivity contribution in [2.45, 2.75) is 92.4 Å². The molecule has 1 unspecified atom stereocenters. The van der Waals surface area contributed by atoms with Gasteiger partial charge in [0, 0.05) is 0 Å². The summed E-state index contributed by atoms with van der Waals surface area (Å²) in [5.41, 5.74) is -0.783. The van der Waals surface area contributed by atoms with Crippen LogP contribution in [0.1, 0.15) is 92.4 Å². The summed E-state index contributed by atoms with van der Waals surface area (Å²) in [6.45, 7) is 10.2. The van der Waals surface area contributed by atoms with Crippen LogP contribution in [-0.2, 0) is 4.79 Å². The van der Waals surface area contributed by atoms with Gasteiger partial charge in [0.15, 0.2) is 0 Å². The Morgan fingerprint density at radius 2 is 1.25 bits per heavy atom. The Labute approximate surface area is 156 Å². The van der Waals surface area contributed by atoms with E-state index in [0.717, 1.165) is 12.8 Å². The first-order chi connectivity index (χ1) is 8.75. The van der Waals surface area contributed by atoms with Crippen molar-refractivity contribution in [1.29, 1.82) is 0 Å². The molecule has 118 valence electrons. The van der Waals surface area contributed by atoms with E-state index in [1.54, 1.807) is 0 Å². The normalized spacial score (nSPS) is 14.4. The Balaban J connectivity index is 0. The van der Waals surface area contributed by atoms with E-state index in [4.69, 9.17) is 0 Å². The van der Waals surface area contributed by atoms with Crippen molar-refractivity contribution in [3.63, 3.8) is 0 Å². The van der Waals surface area contributed by atoms with Crippen LogP contribution in [0.2, 0.25) is 0 Å². The van der Waals surface area contributed by atoms with Gasteiger partial charge >= 0.3 is 43.7 Å². The van der Waals surface area contributed by atoms with Crippen molar-refractivity contribution >= 4 is 43.7 Å². The van der Waals surface area contributed by atoms with Gasteiger partial charge in [0.25, 0.3) is 0 Å². The molecule has 20 heavy (non-hydrogen) atoms. The molecule has 1 N–H and O–H groups in total. The van der Waals surface area contributed by atoms with Gasteiger partial charge in [-0.05, 0) is 18.8 Å². The zero-order chi connectivity index (χ0) is 14.9.